The standard InChI is InChI=1S/C15H17N3S/c1-12(17-7-9-18-8-6-16-11-18)15-10-13-4-2-3-5-14(13)19-15/h2-6,8,10-12,17H,7,9H2,1H3. The predicted molar refractivity (Wildman–Crippen MR) is 80.5 cm³/mol. The number of benzene rings is 1. The lowest BCUT2D eigenvalue weighted by molar-refractivity contribution is 0.536. The first kappa shape index (κ1) is 12.4. The van der Waals surface area contributed by atoms with Crippen molar-refractivity contribution in [3.63, 3.8) is 0 Å². The number of nitrogens with one attached hydrogen (secondary N) is 1. The molecular formula is C15H17N3S. The SMILES string of the molecule is CC(NCCn1ccnc1)c1cc2ccccc2s1. The number of imidazole rings is 1. The molecule has 3 aromatic rings. The first-order valence-electron chi connectivity index (χ1n) is 6.50. The van der Waals surface area contributed by atoms with Gasteiger partial charge in [0.2, 0.25) is 0 Å². The van der Waals surface area contributed by atoms with Gasteiger partial charge in [-0.25, -0.2) is 4.98 Å². The Labute approximate surface area is 116 Å². The molecule has 0 fully saturated rings. The molecule has 0 saturated heterocycles. The molecule has 2 heterocycles. The molecule has 0 amide bonds. The maximum absolute atomic E-state index is 4.04. The van der Waals surface area contributed by atoms with Crippen LogP contribution in [0.1, 0.15) is 17.8 Å². The van der Waals surface area contributed by atoms with Gasteiger partial charge in [0.25, 0.3) is 0 Å². The van der Waals surface area contributed by atoms with Gasteiger partial charge in [0.1, 0.15) is 0 Å². The third-order valence-corrected chi connectivity index (χ3v) is 4.55. The normalized spacial score (nSPS) is 12.9. The van der Waals surface area contributed by atoms with Crippen LogP contribution in [0.5, 0.6) is 0 Å². The number of hydrogen-bond donors (Lipinski definition) is 1. The molecule has 3 rings (SSSR count). The second-order valence-electron chi connectivity index (χ2n) is 4.66. The highest BCUT2D eigenvalue weighted by molar-refractivity contribution is 7.19. The Morgan fingerprint density at radius 2 is 2.26 bits per heavy atom. The Kier molecular flexibility index (Phi) is 3.62. The van der Waals surface area contributed by atoms with E-state index < -0.39 is 0 Å². The van der Waals surface area contributed by atoms with Crippen molar-refractivity contribution >= 4 is 21.4 Å². The van der Waals surface area contributed by atoms with E-state index in [1.807, 2.05) is 30.1 Å². The number of hydrogen-bond acceptors (Lipinski definition) is 3. The summed E-state index contributed by atoms with van der Waals surface area (Å²) in [5, 5.41) is 4.90. The van der Waals surface area contributed by atoms with Crippen molar-refractivity contribution in [3.05, 3.63) is 53.9 Å². The van der Waals surface area contributed by atoms with Gasteiger partial charge in [-0.1, -0.05) is 18.2 Å². The molecule has 0 aliphatic carbocycles. The maximum Gasteiger partial charge on any atom is 0.0946 e. The molecule has 0 aliphatic rings. The molecule has 1 unspecified atom stereocenters. The molecule has 3 nitrogen and oxygen atoms in total. The molecule has 98 valence electrons. The zero-order valence-corrected chi connectivity index (χ0v) is 11.7. The third-order valence-electron chi connectivity index (χ3n) is 3.25. The van der Waals surface area contributed by atoms with Crippen LogP contribution in [0.3, 0.4) is 0 Å². The van der Waals surface area contributed by atoms with E-state index in [2.05, 4.69) is 52.1 Å². The molecule has 1 N–H and O–H groups in total. The predicted octanol–water partition coefficient (Wildman–Crippen LogP) is 3.45. The highest BCUT2D eigenvalue weighted by atomic mass is 32.1. The van der Waals surface area contributed by atoms with Crippen LogP contribution in [0, 0.1) is 0 Å². The van der Waals surface area contributed by atoms with Crippen molar-refractivity contribution in [1.29, 1.82) is 0 Å². The molecule has 4 heteroatoms. The van der Waals surface area contributed by atoms with Gasteiger partial charge in [0.05, 0.1) is 6.33 Å². The van der Waals surface area contributed by atoms with E-state index in [4.69, 9.17) is 0 Å². The van der Waals surface area contributed by atoms with Gasteiger partial charge in [0, 0.05) is 41.1 Å². The lowest BCUT2D eigenvalue weighted by Crippen LogP contribution is -2.22. The van der Waals surface area contributed by atoms with Crippen LogP contribution < -0.4 is 5.32 Å². The number of nitrogens with zero attached hydrogens (tertiary/aromatic N) is 2. The minimum atomic E-state index is 0.390. The molecule has 0 spiro atoms. The average Bonchev–Trinajstić information content (AvgIpc) is 3.07. The van der Waals surface area contributed by atoms with Crippen LogP contribution in [-0.2, 0) is 6.54 Å². The van der Waals surface area contributed by atoms with Crippen LogP contribution >= 0.6 is 11.3 Å². The Morgan fingerprint density at radius 3 is 3.05 bits per heavy atom. The quantitative estimate of drug-likeness (QED) is 0.770. The first-order valence-corrected chi connectivity index (χ1v) is 7.32. The summed E-state index contributed by atoms with van der Waals surface area (Å²) >= 11 is 1.87. The smallest absolute Gasteiger partial charge is 0.0946 e. The maximum atomic E-state index is 4.04. The lowest BCUT2D eigenvalue weighted by Gasteiger charge is -2.12. The first-order chi connectivity index (χ1) is 9.33. The van der Waals surface area contributed by atoms with E-state index in [1.165, 1.54) is 15.0 Å². The van der Waals surface area contributed by atoms with E-state index in [9.17, 15) is 0 Å². The fraction of sp³-hybridized carbons (Fsp3) is 0.267. The molecular weight excluding hydrogens is 254 g/mol. The number of aromatic nitrogens is 2. The van der Waals surface area contributed by atoms with E-state index in [0.717, 1.165) is 13.1 Å². The molecule has 19 heavy (non-hydrogen) atoms. The summed E-state index contributed by atoms with van der Waals surface area (Å²) in [6.45, 7) is 4.12. The Balaban J connectivity index is 1.61. The number of rotatable bonds is 5. The fourth-order valence-corrected chi connectivity index (χ4v) is 3.24. The summed E-state index contributed by atoms with van der Waals surface area (Å²) in [5.74, 6) is 0. The molecule has 1 atom stereocenters. The Hall–Kier alpha value is -1.65. The summed E-state index contributed by atoms with van der Waals surface area (Å²) in [6.07, 6.45) is 5.66. The van der Waals surface area contributed by atoms with Crippen LogP contribution in [-0.4, -0.2) is 16.1 Å². The number of thiophene rings is 1. The van der Waals surface area contributed by atoms with E-state index in [-0.39, 0.29) is 0 Å². The van der Waals surface area contributed by atoms with Crippen molar-refractivity contribution in [3.8, 4) is 0 Å². The fourth-order valence-electron chi connectivity index (χ4n) is 2.15. The third kappa shape index (κ3) is 2.85. The summed E-state index contributed by atoms with van der Waals surface area (Å²) in [4.78, 5) is 5.44. The van der Waals surface area contributed by atoms with Crippen molar-refractivity contribution in [2.24, 2.45) is 0 Å². The van der Waals surface area contributed by atoms with E-state index in [1.54, 1.807) is 0 Å². The monoisotopic (exact) mass is 271 g/mol. The summed E-state index contributed by atoms with van der Waals surface area (Å²) < 4.78 is 3.45. The van der Waals surface area contributed by atoms with Crippen LogP contribution in [0.4, 0.5) is 0 Å². The second kappa shape index (κ2) is 5.55. The van der Waals surface area contributed by atoms with Gasteiger partial charge in [-0.2, -0.15) is 0 Å². The van der Waals surface area contributed by atoms with Gasteiger partial charge >= 0.3 is 0 Å². The topological polar surface area (TPSA) is 29.9 Å². The molecule has 2 aromatic heterocycles. The summed E-state index contributed by atoms with van der Waals surface area (Å²) in [5.41, 5.74) is 0. The molecule has 1 aromatic carbocycles. The highest BCUT2D eigenvalue weighted by Gasteiger charge is 2.08. The lowest BCUT2D eigenvalue weighted by atomic mass is 10.2. The van der Waals surface area contributed by atoms with Crippen LogP contribution in [0.15, 0.2) is 49.1 Å². The zero-order valence-electron chi connectivity index (χ0n) is 10.9. The highest BCUT2D eigenvalue weighted by Crippen LogP contribution is 2.29. The van der Waals surface area contributed by atoms with Crippen LogP contribution in [0.25, 0.3) is 10.1 Å². The Bertz CT molecular complexity index is 609. The number of fused-ring (bicyclic) bond motifs is 1. The molecule has 0 aliphatic heterocycles. The van der Waals surface area contributed by atoms with Gasteiger partial charge < -0.3 is 9.88 Å². The molecule has 0 saturated carbocycles. The Morgan fingerprint density at radius 1 is 1.37 bits per heavy atom. The van der Waals surface area contributed by atoms with E-state index in [0.29, 0.717) is 6.04 Å². The summed E-state index contributed by atoms with van der Waals surface area (Å²) in [7, 11) is 0. The minimum absolute atomic E-state index is 0.390. The van der Waals surface area contributed by atoms with Crippen molar-refractivity contribution < 1.29 is 0 Å². The molecule has 0 bridgehead atoms. The van der Waals surface area contributed by atoms with Crippen molar-refractivity contribution in [2.75, 3.05) is 6.54 Å². The second-order valence-corrected chi connectivity index (χ2v) is 5.78. The van der Waals surface area contributed by atoms with E-state index >= 15 is 0 Å². The van der Waals surface area contributed by atoms with Crippen LogP contribution in [0.2, 0.25) is 0 Å². The minimum Gasteiger partial charge on any atom is -0.336 e. The van der Waals surface area contributed by atoms with Gasteiger partial charge in [-0.3, -0.25) is 0 Å². The van der Waals surface area contributed by atoms with Gasteiger partial charge in [-0.05, 0) is 24.4 Å². The van der Waals surface area contributed by atoms with Gasteiger partial charge in [0.15, 0.2) is 0 Å². The average molecular weight is 271 g/mol. The summed E-state index contributed by atoms with van der Waals surface area (Å²) in [6, 6.07) is 11.2. The van der Waals surface area contributed by atoms with Crippen molar-refractivity contribution in [2.45, 2.75) is 19.5 Å². The van der Waals surface area contributed by atoms with Crippen molar-refractivity contribution in [1.82, 2.24) is 14.9 Å². The zero-order chi connectivity index (χ0) is 13.1. The molecule has 0 radical (unpaired) electrons. The van der Waals surface area contributed by atoms with Gasteiger partial charge in [-0.15, -0.1) is 11.3 Å². The largest absolute Gasteiger partial charge is 0.336 e.